The minimum atomic E-state index is 0.220. The molecular formula is C14H18N4O. The Kier molecular flexibility index (Phi) is 3.21. The summed E-state index contributed by atoms with van der Waals surface area (Å²) in [5, 5.41) is 9.30. The van der Waals surface area contributed by atoms with Crippen LogP contribution >= 0.6 is 0 Å². The third kappa shape index (κ3) is 2.33. The molecule has 3 N–H and O–H groups in total. The van der Waals surface area contributed by atoms with E-state index < -0.39 is 0 Å². The molecule has 0 spiro atoms. The number of hydrogen-bond donors (Lipinski definition) is 2. The highest BCUT2D eigenvalue weighted by Crippen LogP contribution is 2.26. The molecule has 5 nitrogen and oxygen atoms in total. The van der Waals surface area contributed by atoms with E-state index in [2.05, 4.69) is 14.9 Å². The van der Waals surface area contributed by atoms with Crippen molar-refractivity contribution in [2.45, 2.75) is 12.8 Å². The maximum atomic E-state index is 9.30. The van der Waals surface area contributed by atoms with Gasteiger partial charge in [-0.15, -0.1) is 0 Å². The van der Waals surface area contributed by atoms with E-state index in [9.17, 15) is 5.11 Å². The van der Waals surface area contributed by atoms with Crippen LogP contribution in [0.25, 0.3) is 11.0 Å². The lowest BCUT2D eigenvalue weighted by molar-refractivity contribution is 0.208. The van der Waals surface area contributed by atoms with Gasteiger partial charge in [-0.25, -0.2) is 9.97 Å². The van der Waals surface area contributed by atoms with Crippen LogP contribution in [-0.4, -0.2) is 34.8 Å². The van der Waals surface area contributed by atoms with E-state index in [1.54, 1.807) is 0 Å². The first-order valence-corrected chi connectivity index (χ1v) is 6.66. The van der Waals surface area contributed by atoms with Crippen molar-refractivity contribution in [3.63, 3.8) is 0 Å². The molecule has 1 saturated heterocycles. The fourth-order valence-corrected chi connectivity index (χ4v) is 2.64. The number of benzene rings is 1. The second-order valence-corrected chi connectivity index (χ2v) is 5.06. The lowest BCUT2D eigenvalue weighted by Crippen LogP contribution is -2.37. The summed E-state index contributed by atoms with van der Waals surface area (Å²) in [7, 11) is 0. The summed E-state index contributed by atoms with van der Waals surface area (Å²) in [5.41, 5.74) is 7.70. The van der Waals surface area contributed by atoms with E-state index in [-0.39, 0.29) is 6.61 Å². The van der Waals surface area contributed by atoms with Crippen LogP contribution in [0.1, 0.15) is 12.8 Å². The van der Waals surface area contributed by atoms with Crippen molar-refractivity contribution in [1.82, 2.24) is 9.97 Å². The third-order valence-corrected chi connectivity index (χ3v) is 3.65. The zero-order valence-corrected chi connectivity index (χ0v) is 10.8. The van der Waals surface area contributed by atoms with Gasteiger partial charge in [0.05, 0.1) is 11.0 Å². The minimum absolute atomic E-state index is 0.220. The van der Waals surface area contributed by atoms with Crippen molar-refractivity contribution < 1.29 is 5.11 Å². The number of nitrogen functional groups attached to an aromatic ring is 1. The number of fused-ring (bicyclic) bond motifs is 1. The number of aliphatic hydroxyl groups is 1. The molecule has 0 amide bonds. The predicted octanol–water partition coefficient (Wildman–Crippen LogP) is 1.42. The van der Waals surface area contributed by atoms with Gasteiger partial charge in [-0.3, -0.25) is 0 Å². The monoisotopic (exact) mass is 258 g/mol. The Hall–Kier alpha value is -1.88. The Balaban J connectivity index is 1.97. The topological polar surface area (TPSA) is 75.3 Å². The molecule has 0 radical (unpaired) electrons. The van der Waals surface area contributed by atoms with Crippen LogP contribution in [0.3, 0.4) is 0 Å². The molecule has 1 fully saturated rings. The third-order valence-electron chi connectivity index (χ3n) is 3.65. The first-order valence-electron chi connectivity index (χ1n) is 6.66. The normalized spacial score (nSPS) is 19.8. The van der Waals surface area contributed by atoms with E-state index in [0.29, 0.717) is 11.7 Å². The molecule has 5 heteroatoms. The van der Waals surface area contributed by atoms with Crippen LogP contribution in [0.4, 0.5) is 11.6 Å². The van der Waals surface area contributed by atoms with Crippen molar-refractivity contribution in [1.29, 1.82) is 0 Å². The van der Waals surface area contributed by atoms with Gasteiger partial charge in [-0.1, -0.05) is 12.1 Å². The summed E-state index contributed by atoms with van der Waals surface area (Å²) >= 11 is 0. The molecule has 1 aliphatic heterocycles. The van der Waals surface area contributed by atoms with Crippen molar-refractivity contribution in [3.8, 4) is 0 Å². The molecule has 1 aromatic carbocycles. The Morgan fingerprint density at radius 3 is 2.74 bits per heavy atom. The zero-order valence-electron chi connectivity index (χ0n) is 10.8. The molecule has 2 aromatic rings. The maximum absolute atomic E-state index is 9.30. The first-order chi connectivity index (χ1) is 9.28. The molecule has 19 heavy (non-hydrogen) atoms. The first kappa shape index (κ1) is 12.2. The second-order valence-electron chi connectivity index (χ2n) is 5.06. The average molecular weight is 258 g/mol. The highest BCUT2D eigenvalue weighted by Gasteiger charge is 2.22. The Bertz CT molecular complexity index is 587. The largest absolute Gasteiger partial charge is 0.396 e. The second kappa shape index (κ2) is 5.01. The van der Waals surface area contributed by atoms with Crippen LogP contribution in [-0.2, 0) is 0 Å². The Labute approximate surface area is 112 Å². The van der Waals surface area contributed by atoms with Crippen molar-refractivity contribution in [3.05, 3.63) is 24.3 Å². The quantitative estimate of drug-likeness (QED) is 0.852. The lowest BCUT2D eigenvalue weighted by atomic mass is 9.99. The fourth-order valence-electron chi connectivity index (χ4n) is 2.64. The summed E-state index contributed by atoms with van der Waals surface area (Å²) in [4.78, 5) is 11.2. The molecule has 1 aromatic heterocycles. The van der Waals surface area contributed by atoms with Crippen molar-refractivity contribution in [2.75, 3.05) is 30.3 Å². The van der Waals surface area contributed by atoms with E-state index in [1.165, 1.54) is 0 Å². The highest BCUT2D eigenvalue weighted by molar-refractivity contribution is 5.79. The van der Waals surface area contributed by atoms with Gasteiger partial charge in [-0.2, -0.15) is 0 Å². The number of rotatable bonds is 2. The number of para-hydroxylation sites is 2. The summed E-state index contributed by atoms with van der Waals surface area (Å²) in [5.74, 6) is 1.52. The highest BCUT2D eigenvalue weighted by atomic mass is 16.3. The number of aliphatic hydroxyl groups excluding tert-OH is 1. The van der Waals surface area contributed by atoms with Gasteiger partial charge in [0.25, 0.3) is 0 Å². The number of anilines is 2. The van der Waals surface area contributed by atoms with E-state index in [1.807, 2.05) is 24.3 Å². The SMILES string of the molecule is Nc1nc2ccccc2nc1N1CCCC(CO)C1. The van der Waals surface area contributed by atoms with Crippen molar-refractivity contribution in [2.24, 2.45) is 5.92 Å². The molecule has 0 aliphatic carbocycles. The summed E-state index contributed by atoms with van der Waals surface area (Å²) in [6.07, 6.45) is 2.12. The standard InChI is InChI=1S/C14H18N4O/c15-13-14(18-7-3-4-10(8-18)9-19)17-12-6-2-1-5-11(12)16-13/h1-2,5-6,10,19H,3-4,7-9H2,(H2,15,16). The van der Waals surface area contributed by atoms with E-state index in [4.69, 9.17) is 5.73 Å². The van der Waals surface area contributed by atoms with Crippen molar-refractivity contribution >= 4 is 22.7 Å². The van der Waals surface area contributed by atoms with Gasteiger partial charge in [0.1, 0.15) is 0 Å². The minimum Gasteiger partial charge on any atom is -0.396 e. The molecule has 1 unspecified atom stereocenters. The Morgan fingerprint density at radius 2 is 2.00 bits per heavy atom. The van der Waals surface area contributed by atoms with Gasteiger partial charge >= 0.3 is 0 Å². The molecule has 1 aliphatic rings. The number of nitrogens with two attached hydrogens (primary N) is 1. The average Bonchev–Trinajstić information content (AvgIpc) is 2.46. The van der Waals surface area contributed by atoms with Crippen LogP contribution in [0.15, 0.2) is 24.3 Å². The smallest absolute Gasteiger partial charge is 0.172 e. The van der Waals surface area contributed by atoms with E-state index >= 15 is 0 Å². The molecule has 1 atom stereocenters. The molecule has 2 heterocycles. The van der Waals surface area contributed by atoms with Gasteiger partial charge in [0.15, 0.2) is 11.6 Å². The van der Waals surface area contributed by atoms with Crippen LogP contribution in [0.5, 0.6) is 0 Å². The number of hydrogen-bond acceptors (Lipinski definition) is 5. The summed E-state index contributed by atoms with van der Waals surface area (Å²) in [6, 6.07) is 7.73. The molecule has 3 rings (SSSR count). The van der Waals surface area contributed by atoms with Gasteiger partial charge in [0.2, 0.25) is 0 Å². The predicted molar refractivity (Wildman–Crippen MR) is 76.0 cm³/mol. The van der Waals surface area contributed by atoms with Gasteiger partial charge in [-0.05, 0) is 30.9 Å². The van der Waals surface area contributed by atoms with Gasteiger partial charge in [0, 0.05) is 19.7 Å². The zero-order chi connectivity index (χ0) is 13.2. The molecule has 100 valence electrons. The molecule has 0 bridgehead atoms. The maximum Gasteiger partial charge on any atom is 0.172 e. The molecule has 0 saturated carbocycles. The number of piperidine rings is 1. The van der Waals surface area contributed by atoms with Gasteiger partial charge < -0.3 is 15.7 Å². The molecular weight excluding hydrogens is 240 g/mol. The van der Waals surface area contributed by atoms with Crippen LogP contribution in [0.2, 0.25) is 0 Å². The Morgan fingerprint density at radius 1 is 1.26 bits per heavy atom. The number of aromatic nitrogens is 2. The van der Waals surface area contributed by atoms with E-state index in [0.717, 1.165) is 42.8 Å². The number of nitrogens with zero attached hydrogens (tertiary/aromatic N) is 3. The fraction of sp³-hybridized carbons (Fsp3) is 0.429. The lowest BCUT2D eigenvalue weighted by Gasteiger charge is -2.33. The van der Waals surface area contributed by atoms with Crippen LogP contribution < -0.4 is 10.6 Å². The summed E-state index contributed by atoms with van der Waals surface area (Å²) in [6.45, 7) is 1.94. The summed E-state index contributed by atoms with van der Waals surface area (Å²) < 4.78 is 0. The van der Waals surface area contributed by atoms with Crippen LogP contribution in [0, 0.1) is 5.92 Å².